The average molecular weight is 399 g/mol. The fourth-order valence-corrected chi connectivity index (χ4v) is 5.26. The molecule has 2 N–H and O–H groups in total. The maximum Gasteiger partial charge on any atom is 0.240 e. The van der Waals surface area contributed by atoms with Crippen LogP contribution in [0.3, 0.4) is 0 Å². The first-order valence-electron chi connectivity index (χ1n) is 10.2. The summed E-state index contributed by atoms with van der Waals surface area (Å²) in [6, 6.07) is 2.31. The van der Waals surface area contributed by atoms with Crippen LogP contribution >= 0.6 is 11.3 Å². The molecule has 0 aromatic carbocycles. The van der Waals surface area contributed by atoms with E-state index in [2.05, 4.69) is 36.6 Å². The van der Waals surface area contributed by atoms with E-state index in [9.17, 15) is 4.79 Å². The third-order valence-electron chi connectivity index (χ3n) is 6.27. The molecule has 8 heteroatoms. The van der Waals surface area contributed by atoms with Gasteiger partial charge in [0.25, 0.3) is 0 Å². The van der Waals surface area contributed by atoms with E-state index in [1.54, 1.807) is 23.2 Å². The fourth-order valence-electron chi connectivity index (χ4n) is 4.70. The van der Waals surface area contributed by atoms with Gasteiger partial charge in [0.15, 0.2) is 0 Å². The molecule has 4 heterocycles. The summed E-state index contributed by atoms with van der Waals surface area (Å²) in [5, 5.41) is 8.72. The smallest absolute Gasteiger partial charge is 0.240 e. The van der Waals surface area contributed by atoms with Crippen LogP contribution in [0.25, 0.3) is 0 Å². The highest BCUT2D eigenvalue weighted by atomic mass is 32.1. The lowest BCUT2D eigenvalue weighted by molar-refractivity contribution is -0.134. The highest BCUT2D eigenvalue weighted by molar-refractivity contribution is 7.07. The van der Waals surface area contributed by atoms with Crippen LogP contribution in [0.1, 0.15) is 55.8 Å². The summed E-state index contributed by atoms with van der Waals surface area (Å²) < 4.78 is 0. The zero-order valence-corrected chi connectivity index (χ0v) is 16.7. The lowest BCUT2D eigenvalue weighted by Crippen LogP contribution is -2.57. The molecule has 148 valence electrons. The van der Waals surface area contributed by atoms with Gasteiger partial charge in [-0.05, 0) is 45.1 Å². The number of carbonyl (C=O) groups is 1. The number of nitrogens with one attached hydrogen (secondary N) is 2. The number of hydrogen-bond donors (Lipinski definition) is 2. The second-order valence-electron chi connectivity index (χ2n) is 8.24. The Labute approximate surface area is 169 Å². The molecule has 3 aliphatic rings. The lowest BCUT2D eigenvalue weighted by atomic mass is 9.84. The van der Waals surface area contributed by atoms with Gasteiger partial charge in [0, 0.05) is 35.6 Å². The SMILES string of the molecule is O=C(NCc1cscn1)[C@@]12CCCCN1C[C@@H](Nc1cc(C3CC3)ncn1)C2. The Kier molecular flexibility index (Phi) is 4.76. The normalized spacial score (nSPS) is 27.4. The molecule has 0 radical (unpaired) electrons. The van der Waals surface area contributed by atoms with Crippen LogP contribution in [0.15, 0.2) is 23.3 Å². The molecule has 5 rings (SSSR count). The van der Waals surface area contributed by atoms with E-state index in [4.69, 9.17) is 0 Å². The van der Waals surface area contributed by atoms with Crippen molar-refractivity contribution >= 4 is 23.1 Å². The number of aromatic nitrogens is 3. The Morgan fingerprint density at radius 2 is 2.21 bits per heavy atom. The van der Waals surface area contributed by atoms with Crippen LogP contribution in [-0.2, 0) is 11.3 Å². The van der Waals surface area contributed by atoms with Gasteiger partial charge in [-0.1, -0.05) is 0 Å². The van der Waals surface area contributed by atoms with E-state index >= 15 is 0 Å². The quantitative estimate of drug-likeness (QED) is 0.778. The van der Waals surface area contributed by atoms with Crippen molar-refractivity contribution in [3.63, 3.8) is 0 Å². The second-order valence-corrected chi connectivity index (χ2v) is 8.96. The summed E-state index contributed by atoms with van der Waals surface area (Å²) in [6.45, 7) is 2.37. The van der Waals surface area contributed by atoms with Gasteiger partial charge in [0.05, 0.1) is 17.7 Å². The predicted molar refractivity (Wildman–Crippen MR) is 108 cm³/mol. The Hall–Kier alpha value is -2.06. The van der Waals surface area contributed by atoms with Crippen molar-refractivity contribution in [3.05, 3.63) is 34.7 Å². The van der Waals surface area contributed by atoms with Crippen molar-refractivity contribution in [2.75, 3.05) is 18.4 Å². The molecule has 2 saturated heterocycles. The molecule has 28 heavy (non-hydrogen) atoms. The van der Waals surface area contributed by atoms with Gasteiger partial charge in [-0.15, -0.1) is 11.3 Å². The van der Waals surface area contributed by atoms with Crippen molar-refractivity contribution in [1.29, 1.82) is 0 Å². The third kappa shape index (κ3) is 3.51. The van der Waals surface area contributed by atoms with Gasteiger partial charge < -0.3 is 10.6 Å². The van der Waals surface area contributed by atoms with Gasteiger partial charge >= 0.3 is 0 Å². The van der Waals surface area contributed by atoms with Crippen LogP contribution in [0.2, 0.25) is 0 Å². The van der Waals surface area contributed by atoms with Gasteiger partial charge in [-0.25, -0.2) is 15.0 Å². The minimum absolute atomic E-state index is 0.144. The lowest BCUT2D eigenvalue weighted by Gasteiger charge is -2.40. The first-order chi connectivity index (χ1) is 13.7. The van der Waals surface area contributed by atoms with Gasteiger partial charge in [-0.3, -0.25) is 9.69 Å². The Morgan fingerprint density at radius 1 is 1.29 bits per heavy atom. The summed E-state index contributed by atoms with van der Waals surface area (Å²) in [7, 11) is 0. The molecule has 0 spiro atoms. The Balaban J connectivity index is 1.28. The molecule has 0 unspecified atom stereocenters. The molecule has 1 aliphatic carbocycles. The first-order valence-corrected chi connectivity index (χ1v) is 11.2. The molecule has 7 nitrogen and oxygen atoms in total. The molecular weight excluding hydrogens is 372 g/mol. The standard InChI is InChI=1S/C20H26N6OS/c27-19(21-9-16-11-28-13-24-16)20-5-1-2-6-26(20)10-15(8-20)25-18-7-17(14-3-4-14)22-12-23-18/h7,11-15H,1-6,8-10H2,(H,21,27)(H,22,23,25)/t15-,20-/m0/s1. The number of thiazole rings is 1. The summed E-state index contributed by atoms with van der Waals surface area (Å²) in [4.78, 5) is 28.7. The summed E-state index contributed by atoms with van der Waals surface area (Å²) in [5.74, 6) is 1.65. The minimum atomic E-state index is -0.404. The molecular formula is C20H26N6OS. The maximum atomic E-state index is 13.2. The predicted octanol–water partition coefficient (Wildman–Crippen LogP) is 2.54. The molecule has 0 bridgehead atoms. The van der Waals surface area contributed by atoms with Gasteiger partial charge in [-0.2, -0.15) is 0 Å². The van der Waals surface area contributed by atoms with Crippen molar-refractivity contribution in [2.24, 2.45) is 0 Å². The Morgan fingerprint density at radius 3 is 3.04 bits per heavy atom. The second kappa shape index (κ2) is 7.40. The number of anilines is 1. The highest BCUT2D eigenvalue weighted by Gasteiger charge is 2.51. The third-order valence-corrected chi connectivity index (χ3v) is 6.91. The summed E-state index contributed by atoms with van der Waals surface area (Å²) in [6.07, 6.45) is 8.13. The van der Waals surface area contributed by atoms with Crippen LogP contribution in [0, 0.1) is 0 Å². The van der Waals surface area contributed by atoms with Crippen LogP contribution in [0.5, 0.6) is 0 Å². The van der Waals surface area contributed by atoms with Crippen molar-refractivity contribution in [2.45, 2.75) is 62.6 Å². The van der Waals surface area contributed by atoms with Crippen molar-refractivity contribution in [1.82, 2.24) is 25.2 Å². The average Bonchev–Trinajstić information content (AvgIpc) is 3.30. The largest absolute Gasteiger partial charge is 0.366 e. The zero-order chi connectivity index (χ0) is 19.0. The topological polar surface area (TPSA) is 83.0 Å². The maximum absolute atomic E-state index is 13.2. The number of carbonyl (C=O) groups excluding carboxylic acids is 1. The first kappa shape index (κ1) is 18.0. The van der Waals surface area contributed by atoms with E-state index in [0.29, 0.717) is 12.5 Å². The number of rotatable bonds is 6. The highest BCUT2D eigenvalue weighted by Crippen LogP contribution is 2.41. The number of amides is 1. The van der Waals surface area contributed by atoms with Crippen LogP contribution in [0.4, 0.5) is 5.82 Å². The van der Waals surface area contributed by atoms with Crippen molar-refractivity contribution < 1.29 is 4.79 Å². The van der Waals surface area contributed by atoms with Crippen molar-refractivity contribution in [3.8, 4) is 0 Å². The van der Waals surface area contributed by atoms with E-state index < -0.39 is 5.54 Å². The van der Waals surface area contributed by atoms with E-state index in [1.165, 1.54) is 12.8 Å². The fraction of sp³-hybridized carbons (Fsp3) is 0.600. The number of fused-ring (bicyclic) bond motifs is 1. The molecule has 1 amide bonds. The molecule has 2 aromatic rings. The molecule has 2 aromatic heterocycles. The Bertz CT molecular complexity index is 839. The van der Waals surface area contributed by atoms with Gasteiger partial charge in [0.2, 0.25) is 5.91 Å². The molecule has 1 saturated carbocycles. The van der Waals surface area contributed by atoms with E-state index in [0.717, 1.165) is 56.0 Å². The number of hydrogen-bond acceptors (Lipinski definition) is 7. The summed E-state index contributed by atoms with van der Waals surface area (Å²) in [5.41, 5.74) is 3.47. The molecule has 2 aliphatic heterocycles. The molecule has 2 atom stereocenters. The van der Waals surface area contributed by atoms with E-state index in [-0.39, 0.29) is 11.9 Å². The van der Waals surface area contributed by atoms with Crippen LogP contribution < -0.4 is 10.6 Å². The summed E-state index contributed by atoms with van der Waals surface area (Å²) >= 11 is 1.56. The van der Waals surface area contributed by atoms with E-state index in [1.807, 2.05) is 5.38 Å². The van der Waals surface area contributed by atoms with Gasteiger partial charge in [0.1, 0.15) is 17.7 Å². The molecule has 3 fully saturated rings. The monoisotopic (exact) mass is 398 g/mol. The minimum Gasteiger partial charge on any atom is -0.366 e. The number of nitrogens with zero attached hydrogens (tertiary/aromatic N) is 4. The number of piperidine rings is 1. The zero-order valence-electron chi connectivity index (χ0n) is 15.9. The van der Waals surface area contributed by atoms with Crippen LogP contribution in [-0.4, -0.2) is 50.4 Å².